The van der Waals surface area contributed by atoms with Gasteiger partial charge in [0.1, 0.15) is 5.75 Å². The molecule has 2 aromatic rings. The van der Waals surface area contributed by atoms with Gasteiger partial charge in [0.2, 0.25) is 0 Å². The number of fused-ring (bicyclic) bond motifs is 1. The first-order valence-electron chi connectivity index (χ1n) is 15.0. The Morgan fingerprint density at radius 3 is 2.49 bits per heavy atom. The van der Waals surface area contributed by atoms with Crippen LogP contribution in [0, 0.1) is 0 Å². The second-order valence-corrected chi connectivity index (χ2v) is 12.4. The summed E-state index contributed by atoms with van der Waals surface area (Å²) in [5.74, 6) is 0.630. The highest BCUT2D eigenvalue weighted by Gasteiger charge is 2.41. The van der Waals surface area contributed by atoms with Gasteiger partial charge >= 0.3 is 0 Å². The Kier molecular flexibility index (Phi) is 8.43. The fourth-order valence-corrected chi connectivity index (χ4v) is 7.40. The zero-order valence-corrected chi connectivity index (χ0v) is 24.8. The molecule has 2 aliphatic heterocycles. The van der Waals surface area contributed by atoms with Crippen molar-refractivity contribution in [2.45, 2.75) is 89.0 Å². The van der Waals surface area contributed by atoms with Gasteiger partial charge in [0, 0.05) is 55.8 Å². The van der Waals surface area contributed by atoms with Crippen molar-refractivity contribution in [3.63, 3.8) is 0 Å². The minimum absolute atomic E-state index is 0.0628. The molecular weight excluding hydrogens is 484 g/mol. The van der Waals surface area contributed by atoms with Crippen LogP contribution >= 0.6 is 0 Å². The Hall–Kier alpha value is -2.32. The number of piperidine rings is 1. The molecule has 7 heteroatoms. The molecule has 2 fully saturated rings. The van der Waals surface area contributed by atoms with Crippen molar-refractivity contribution in [3.8, 4) is 5.75 Å². The van der Waals surface area contributed by atoms with E-state index < -0.39 is 0 Å². The average molecular weight is 533 g/mol. The summed E-state index contributed by atoms with van der Waals surface area (Å²) >= 11 is 0. The molecule has 3 heterocycles. The third-order valence-corrected chi connectivity index (χ3v) is 9.46. The largest absolute Gasteiger partial charge is 0.508 e. The molecule has 2 saturated heterocycles. The van der Waals surface area contributed by atoms with Gasteiger partial charge in [-0.15, -0.1) is 0 Å². The third kappa shape index (κ3) is 5.64. The van der Waals surface area contributed by atoms with Crippen LogP contribution in [0.1, 0.15) is 88.0 Å². The van der Waals surface area contributed by atoms with E-state index in [-0.39, 0.29) is 11.5 Å². The molecule has 7 nitrogen and oxygen atoms in total. The number of rotatable bonds is 7. The monoisotopic (exact) mass is 532 g/mol. The van der Waals surface area contributed by atoms with Crippen LogP contribution in [0.5, 0.6) is 5.75 Å². The maximum Gasteiger partial charge on any atom is 0.115 e. The second-order valence-electron chi connectivity index (χ2n) is 12.4. The lowest BCUT2D eigenvalue weighted by molar-refractivity contribution is 0.0388. The minimum Gasteiger partial charge on any atom is -0.508 e. The van der Waals surface area contributed by atoms with E-state index in [1.165, 1.54) is 5.56 Å². The Morgan fingerprint density at radius 2 is 1.85 bits per heavy atom. The number of nitrogens with zero attached hydrogens (tertiary/aromatic N) is 5. The number of phenolic OH excluding ortho intramolecular Hbond substituents is 1. The molecule has 0 spiro atoms. The summed E-state index contributed by atoms with van der Waals surface area (Å²) in [4.78, 5) is 17.9. The summed E-state index contributed by atoms with van der Waals surface area (Å²) in [6.45, 7) is 13.3. The van der Waals surface area contributed by atoms with E-state index in [4.69, 9.17) is 9.97 Å². The molecule has 0 saturated carbocycles. The number of hydrogen-bond acceptors (Lipinski definition) is 7. The number of aromatic hydroxyl groups is 1. The van der Waals surface area contributed by atoms with Crippen LogP contribution in [-0.4, -0.2) is 88.2 Å². The Morgan fingerprint density at radius 1 is 1.13 bits per heavy atom. The van der Waals surface area contributed by atoms with Gasteiger partial charge in [-0.1, -0.05) is 38.5 Å². The quantitative estimate of drug-likeness (QED) is 0.533. The molecule has 3 aliphatic rings. The van der Waals surface area contributed by atoms with Gasteiger partial charge < -0.3 is 10.4 Å². The molecule has 2 unspecified atom stereocenters. The maximum atomic E-state index is 10.2. The number of nitrogens with one attached hydrogen (secondary N) is 1. The van der Waals surface area contributed by atoms with Gasteiger partial charge in [0.15, 0.2) is 0 Å². The van der Waals surface area contributed by atoms with Gasteiger partial charge in [0.25, 0.3) is 0 Å². The Labute approximate surface area is 235 Å². The van der Waals surface area contributed by atoms with Crippen LogP contribution in [-0.2, 0) is 5.54 Å². The van der Waals surface area contributed by atoms with E-state index in [2.05, 4.69) is 80.0 Å². The van der Waals surface area contributed by atoms with Crippen LogP contribution in [0.15, 0.2) is 36.5 Å². The first-order valence-corrected chi connectivity index (χ1v) is 15.0. The molecule has 1 aliphatic carbocycles. The number of benzene rings is 1. The van der Waals surface area contributed by atoms with E-state index in [0.717, 1.165) is 68.9 Å². The van der Waals surface area contributed by atoms with Crippen molar-refractivity contribution < 1.29 is 5.11 Å². The summed E-state index contributed by atoms with van der Waals surface area (Å²) in [6.07, 6.45) is 10.9. The van der Waals surface area contributed by atoms with Crippen molar-refractivity contribution in [1.82, 2.24) is 30.0 Å². The number of piperazine rings is 1. The summed E-state index contributed by atoms with van der Waals surface area (Å²) in [5.41, 5.74) is 4.45. The van der Waals surface area contributed by atoms with E-state index in [1.807, 2.05) is 18.3 Å². The van der Waals surface area contributed by atoms with Gasteiger partial charge in [-0.25, -0.2) is 0 Å². The van der Waals surface area contributed by atoms with Gasteiger partial charge in [0.05, 0.1) is 29.3 Å². The van der Waals surface area contributed by atoms with Crippen molar-refractivity contribution in [3.05, 3.63) is 59.2 Å². The third-order valence-electron chi connectivity index (χ3n) is 9.46. The summed E-state index contributed by atoms with van der Waals surface area (Å²) in [5, 5.41) is 13.8. The molecule has 39 heavy (non-hydrogen) atoms. The van der Waals surface area contributed by atoms with Crippen molar-refractivity contribution >= 4 is 6.08 Å². The normalized spacial score (nSPS) is 28.4. The lowest BCUT2D eigenvalue weighted by Crippen LogP contribution is -2.55. The maximum absolute atomic E-state index is 10.2. The topological polar surface area (TPSA) is 67.8 Å². The highest BCUT2D eigenvalue weighted by molar-refractivity contribution is 5.53. The first kappa shape index (κ1) is 28.2. The summed E-state index contributed by atoms with van der Waals surface area (Å²) in [7, 11) is 4.34. The first-order chi connectivity index (χ1) is 18.7. The Bertz CT molecular complexity index is 1150. The molecule has 1 aromatic carbocycles. The highest BCUT2D eigenvalue weighted by atomic mass is 16.3. The number of hydrogen-bond donors (Lipinski definition) is 2. The zero-order valence-electron chi connectivity index (χ0n) is 24.8. The van der Waals surface area contributed by atoms with E-state index in [0.29, 0.717) is 29.9 Å². The van der Waals surface area contributed by atoms with E-state index in [9.17, 15) is 5.11 Å². The van der Waals surface area contributed by atoms with Crippen LogP contribution in [0.2, 0.25) is 0 Å². The van der Waals surface area contributed by atoms with Crippen molar-refractivity contribution in [2.75, 3.05) is 40.3 Å². The molecule has 0 radical (unpaired) electrons. The molecule has 0 bridgehead atoms. The standard InChI is InChI=1S/C32H48N6O/c1-7-9-30(38-20-22(2)34-23(3)21-38)28-19-33-27-12-13-29(24(4)31(27)35-28)37-16-14-32(15-17-37,36(5)6)25-10-8-11-26(39)18-25/h8,10-13,18-19,22-24,29-30,34,39H,7,9,14-17,20-21H2,1-6H3/t22-,23+,24?,29?,30-/m0/s1. The molecule has 2 N–H and O–H groups in total. The molecule has 5 rings (SSSR count). The number of phenols is 1. The number of aromatic nitrogens is 2. The SMILES string of the molecule is CCC[C@@H](c1cnc2c(n1)C(C)C(N1CCC(c3cccc(O)c3)(N(C)C)CC1)C=C2)N1C[C@@H](C)N[C@@H](C)C1. The van der Waals surface area contributed by atoms with Gasteiger partial charge in [-0.3, -0.25) is 24.7 Å². The highest BCUT2D eigenvalue weighted by Crippen LogP contribution is 2.41. The predicted molar refractivity (Wildman–Crippen MR) is 159 cm³/mol. The van der Waals surface area contributed by atoms with E-state index in [1.54, 1.807) is 6.07 Å². The molecule has 0 amide bonds. The Balaban J connectivity index is 1.35. The molecule has 212 valence electrons. The van der Waals surface area contributed by atoms with Crippen LogP contribution in [0.25, 0.3) is 6.08 Å². The average Bonchev–Trinajstić information content (AvgIpc) is 2.91. The van der Waals surface area contributed by atoms with Crippen molar-refractivity contribution in [1.29, 1.82) is 0 Å². The van der Waals surface area contributed by atoms with Crippen LogP contribution in [0.4, 0.5) is 0 Å². The number of likely N-dealkylation sites (tertiary alicyclic amines) is 1. The van der Waals surface area contributed by atoms with E-state index >= 15 is 0 Å². The molecule has 1 aromatic heterocycles. The summed E-state index contributed by atoms with van der Waals surface area (Å²) < 4.78 is 0. The smallest absolute Gasteiger partial charge is 0.115 e. The van der Waals surface area contributed by atoms with Crippen LogP contribution in [0.3, 0.4) is 0 Å². The lowest BCUT2D eigenvalue weighted by atomic mass is 9.78. The lowest BCUT2D eigenvalue weighted by Gasteiger charge is -2.49. The summed E-state index contributed by atoms with van der Waals surface area (Å²) in [6, 6.07) is 9.44. The van der Waals surface area contributed by atoms with Gasteiger partial charge in [-0.2, -0.15) is 0 Å². The van der Waals surface area contributed by atoms with Gasteiger partial charge in [-0.05, 0) is 71.0 Å². The van der Waals surface area contributed by atoms with Crippen molar-refractivity contribution in [2.24, 2.45) is 0 Å². The zero-order chi connectivity index (χ0) is 27.7. The van der Waals surface area contributed by atoms with Crippen LogP contribution < -0.4 is 5.32 Å². The fraction of sp³-hybridized carbons (Fsp3) is 0.625. The predicted octanol–water partition coefficient (Wildman–Crippen LogP) is 4.76. The fourth-order valence-electron chi connectivity index (χ4n) is 7.40. The molecular formula is C32H48N6O. The second kappa shape index (κ2) is 11.7. The molecule has 5 atom stereocenters. The minimum atomic E-state index is -0.0628.